The zero-order valence-electron chi connectivity index (χ0n) is 9.01. The molecular weight excluding hydrogens is 206 g/mol. The molecule has 0 radical (unpaired) electrons. The second kappa shape index (κ2) is 5.00. The minimum absolute atomic E-state index is 0.793. The van der Waals surface area contributed by atoms with Gasteiger partial charge in [-0.25, -0.2) is 0 Å². The minimum Gasteiger partial charge on any atom is -0.330 e. The van der Waals surface area contributed by atoms with Crippen LogP contribution in [0.15, 0.2) is 18.2 Å². The van der Waals surface area contributed by atoms with Gasteiger partial charge in [0.1, 0.15) is 0 Å². The molecule has 1 aromatic rings. The summed E-state index contributed by atoms with van der Waals surface area (Å²) >= 11 is 6.22. The number of hydrogen-bond donors (Lipinski definition) is 1. The van der Waals surface area contributed by atoms with E-state index >= 15 is 0 Å². The molecule has 0 aliphatic heterocycles. The molecule has 0 amide bonds. The van der Waals surface area contributed by atoms with Crippen molar-refractivity contribution >= 4 is 11.6 Å². The van der Waals surface area contributed by atoms with Crippen molar-refractivity contribution < 1.29 is 0 Å². The Kier molecular flexibility index (Phi) is 3.66. The number of aryl methyl sites for hydroxylation is 1. The zero-order valence-corrected chi connectivity index (χ0v) is 9.76. The van der Waals surface area contributed by atoms with Gasteiger partial charge in [-0.1, -0.05) is 23.7 Å². The van der Waals surface area contributed by atoms with Gasteiger partial charge < -0.3 is 5.73 Å². The highest BCUT2D eigenvalue weighted by Gasteiger charge is 2.19. The van der Waals surface area contributed by atoms with Crippen molar-refractivity contribution in [3.8, 4) is 0 Å². The molecule has 0 fully saturated rings. The number of halogens is 1. The molecule has 1 nitrogen and oxygen atoms in total. The highest BCUT2D eigenvalue weighted by Crippen LogP contribution is 2.32. The minimum atomic E-state index is 0.793. The van der Waals surface area contributed by atoms with Crippen LogP contribution in [0, 0.1) is 5.92 Å². The van der Waals surface area contributed by atoms with Gasteiger partial charge in [-0.05, 0) is 61.8 Å². The third-order valence-corrected chi connectivity index (χ3v) is 3.70. The molecule has 0 bridgehead atoms. The van der Waals surface area contributed by atoms with Gasteiger partial charge >= 0.3 is 0 Å². The summed E-state index contributed by atoms with van der Waals surface area (Å²) in [5.74, 6) is 0.793. The van der Waals surface area contributed by atoms with E-state index in [1.165, 1.54) is 30.4 Å². The highest BCUT2D eigenvalue weighted by molar-refractivity contribution is 6.31. The van der Waals surface area contributed by atoms with Gasteiger partial charge in [0.2, 0.25) is 0 Å². The lowest BCUT2D eigenvalue weighted by atomic mass is 9.81. The van der Waals surface area contributed by atoms with Gasteiger partial charge in [-0.3, -0.25) is 0 Å². The molecule has 0 aromatic heterocycles. The van der Waals surface area contributed by atoms with Crippen LogP contribution in [0.4, 0.5) is 0 Å². The summed E-state index contributed by atoms with van der Waals surface area (Å²) in [6, 6.07) is 6.27. The van der Waals surface area contributed by atoms with Crippen molar-refractivity contribution in [2.24, 2.45) is 11.7 Å². The Hall–Kier alpha value is -0.530. The van der Waals surface area contributed by atoms with Crippen LogP contribution in [0.5, 0.6) is 0 Å². The molecule has 1 aliphatic rings. The molecule has 82 valence electrons. The molecule has 1 aromatic carbocycles. The molecule has 15 heavy (non-hydrogen) atoms. The van der Waals surface area contributed by atoms with Crippen LogP contribution < -0.4 is 5.73 Å². The van der Waals surface area contributed by atoms with Crippen molar-refractivity contribution in [2.75, 3.05) is 6.54 Å². The lowest BCUT2D eigenvalue weighted by molar-refractivity contribution is 0.418. The highest BCUT2D eigenvalue weighted by atomic mass is 35.5. The SMILES string of the molecule is NCCCC1CCc2cccc(Cl)c2C1. The van der Waals surface area contributed by atoms with E-state index in [4.69, 9.17) is 17.3 Å². The lowest BCUT2D eigenvalue weighted by Crippen LogP contribution is -2.15. The van der Waals surface area contributed by atoms with Crippen LogP contribution in [0.3, 0.4) is 0 Å². The van der Waals surface area contributed by atoms with Gasteiger partial charge in [-0.2, -0.15) is 0 Å². The van der Waals surface area contributed by atoms with E-state index < -0.39 is 0 Å². The molecule has 2 N–H and O–H groups in total. The molecule has 2 heteroatoms. The molecular formula is C13H18ClN. The van der Waals surface area contributed by atoms with Crippen LogP contribution in [0.25, 0.3) is 0 Å². The first-order valence-corrected chi connectivity index (χ1v) is 6.15. The summed E-state index contributed by atoms with van der Waals surface area (Å²) in [6.07, 6.45) is 6.03. The van der Waals surface area contributed by atoms with Crippen LogP contribution in [-0.2, 0) is 12.8 Å². The van der Waals surface area contributed by atoms with Crippen molar-refractivity contribution in [3.05, 3.63) is 34.3 Å². The predicted octanol–water partition coefficient (Wildman–Crippen LogP) is 3.18. The third-order valence-electron chi connectivity index (χ3n) is 3.35. The maximum Gasteiger partial charge on any atom is 0.0440 e. The predicted molar refractivity (Wildman–Crippen MR) is 65.3 cm³/mol. The quantitative estimate of drug-likeness (QED) is 0.837. The monoisotopic (exact) mass is 223 g/mol. The molecule has 2 rings (SSSR count). The van der Waals surface area contributed by atoms with E-state index in [0.29, 0.717) is 0 Å². The Morgan fingerprint density at radius 1 is 1.40 bits per heavy atom. The van der Waals surface area contributed by atoms with E-state index in [1.807, 2.05) is 6.07 Å². The Labute approximate surface area is 96.6 Å². The first kappa shape index (κ1) is 11.0. The van der Waals surface area contributed by atoms with Crippen molar-refractivity contribution in [3.63, 3.8) is 0 Å². The first-order valence-electron chi connectivity index (χ1n) is 5.77. The summed E-state index contributed by atoms with van der Waals surface area (Å²) in [5, 5.41) is 0.949. The summed E-state index contributed by atoms with van der Waals surface area (Å²) < 4.78 is 0. The number of rotatable bonds is 3. The second-order valence-corrected chi connectivity index (χ2v) is 4.82. The number of fused-ring (bicyclic) bond motifs is 1. The molecule has 0 heterocycles. The number of benzene rings is 1. The van der Waals surface area contributed by atoms with Crippen molar-refractivity contribution in [1.82, 2.24) is 0 Å². The van der Waals surface area contributed by atoms with Crippen LogP contribution in [0.1, 0.15) is 30.4 Å². The van der Waals surface area contributed by atoms with E-state index in [0.717, 1.165) is 30.3 Å². The number of hydrogen-bond acceptors (Lipinski definition) is 1. The average molecular weight is 224 g/mol. The summed E-state index contributed by atoms with van der Waals surface area (Å²) in [5.41, 5.74) is 8.38. The van der Waals surface area contributed by atoms with Gasteiger partial charge in [0.25, 0.3) is 0 Å². The Morgan fingerprint density at radius 3 is 3.07 bits per heavy atom. The number of nitrogens with two attached hydrogens (primary N) is 1. The zero-order chi connectivity index (χ0) is 10.7. The third kappa shape index (κ3) is 2.53. The fourth-order valence-corrected chi connectivity index (χ4v) is 2.74. The van der Waals surface area contributed by atoms with Gasteiger partial charge in [0.05, 0.1) is 0 Å². The molecule has 1 atom stereocenters. The fraction of sp³-hybridized carbons (Fsp3) is 0.538. The van der Waals surface area contributed by atoms with E-state index in [1.54, 1.807) is 0 Å². The summed E-state index contributed by atoms with van der Waals surface area (Å²) in [7, 11) is 0. The van der Waals surface area contributed by atoms with Crippen LogP contribution >= 0.6 is 11.6 Å². The van der Waals surface area contributed by atoms with E-state index in [9.17, 15) is 0 Å². The van der Waals surface area contributed by atoms with Gasteiger partial charge in [-0.15, -0.1) is 0 Å². The van der Waals surface area contributed by atoms with Gasteiger partial charge in [0.15, 0.2) is 0 Å². The fourth-order valence-electron chi connectivity index (χ4n) is 2.47. The smallest absolute Gasteiger partial charge is 0.0440 e. The topological polar surface area (TPSA) is 26.0 Å². The maximum absolute atomic E-state index is 6.22. The summed E-state index contributed by atoms with van der Waals surface area (Å²) in [6.45, 7) is 0.811. The van der Waals surface area contributed by atoms with Crippen molar-refractivity contribution in [2.45, 2.75) is 32.1 Å². The molecule has 0 saturated heterocycles. The Bertz CT molecular complexity index is 335. The van der Waals surface area contributed by atoms with E-state index in [2.05, 4.69) is 12.1 Å². The maximum atomic E-state index is 6.22. The molecule has 0 saturated carbocycles. The first-order chi connectivity index (χ1) is 7.31. The summed E-state index contributed by atoms with van der Waals surface area (Å²) in [4.78, 5) is 0. The second-order valence-electron chi connectivity index (χ2n) is 4.42. The lowest BCUT2D eigenvalue weighted by Gasteiger charge is -2.25. The van der Waals surface area contributed by atoms with Crippen molar-refractivity contribution in [1.29, 1.82) is 0 Å². The molecule has 1 aliphatic carbocycles. The Balaban J connectivity index is 2.08. The molecule has 1 unspecified atom stereocenters. The van der Waals surface area contributed by atoms with Gasteiger partial charge in [0, 0.05) is 5.02 Å². The standard InChI is InChI=1S/C13H18ClN/c14-13-5-1-4-11-7-6-10(3-2-8-15)9-12(11)13/h1,4-5,10H,2-3,6-9,15H2. The Morgan fingerprint density at radius 2 is 2.27 bits per heavy atom. The van der Waals surface area contributed by atoms with Crippen LogP contribution in [0.2, 0.25) is 5.02 Å². The van der Waals surface area contributed by atoms with E-state index in [-0.39, 0.29) is 0 Å². The van der Waals surface area contributed by atoms with Crippen LogP contribution in [-0.4, -0.2) is 6.54 Å². The average Bonchev–Trinajstić information content (AvgIpc) is 2.27. The normalized spacial score (nSPS) is 20.0. The molecule has 0 spiro atoms. The largest absolute Gasteiger partial charge is 0.330 e.